The lowest BCUT2D eigenvalue weighted by atomic mass is 9.96. The van der Waals surface area contributed by atoms with Crippen LogP contribution in [0.1, 0.15) is 56.9 Å². The number of rotatable bonds is 9. The molecule has 2 aromatic rings. The third kappa shape index (κ3) is 6.20. The Labute approximate surface area is 193 Å². The van der Waals surface area contributed by atoms with Gasteiger partial charge in [-0.3, -0.25) is 19.0 Å². The van der Waals surface area contributed by atoms with Crippen LogP contribution in [0.15, 0.2) is 35.3 Å². The van der Waals surface area contributed by atoms with E-state index in [1.807, 2.05) is 20.8 Å². The minimum atomic E-state index is -0.783. The standard InChI is InChI=1S/C24H31ClN2O5/c1-7-20(28)16-9-8-15(25)12-17(16)18-13-22(29)27(14-21(18)31-6)19(23(30)26-5)10-11-32-24(2,3)4/h8-9,12-14,19H,7,10-11H2,1-6H3,(H,26,30). The summed E-state index contributed by atoms with van der Waals surface area (Å²) < 4.78 is 12.6. The molecule has 1 atom stereocenters. The molecule has 1 unspecified atom stereocenters. The number of hydrogen-bond acceptors (Lipinski definition) is 5. The van der Waals surface area contributed by atoms with Crippen molar-refractivity contribution < 1.29 is 19.1 Å². The Hall–Kier alpha value is -2.64. The van der Waals surface area contributed by atoms with E-state index in [9.17, 15) is 14.4 Å². The zero-order valence-corrected chi connectivity index (χ0v) is 20.2. The molecule has 1 aromatic heterocycles. The summed E-state index contributed by atoms with van der Waals surface area (Å²) in [6.45, 7) is 7.83. The molecular formula is C24H31ClN2O5. The summed E-state index contributed by atoms with van der Waals surface area (Å²) in [5, 5.41) is 3.04. The molecule has 8 heteroatoms. The Morgan fingerprint density at radius 2 is 1.88 bits per heavy atom. The van der Waals surface area contributed by atoms with Gasteiger partial charge in [-0.05, 0) is 44.5 Å². The molecule has 0 bridgehead atoms. The van der Waals surface area contributed by atoms with Crippen LogP contribution in [0.4, 0.5) is 0 Å². The van der Waals surface area contributed by atoms with Gasteiger partial charge in [-0.2, -0.15) is 0 Å². The predicted octanol–water partition coefficient (Wildman–Crippen LogP) is 4.26. The van der Waals surface area contributed by atoms with Gasteiger partial charge in [0.05, 0.1) is 18.9 Å². The van der Waals surface area contributed by atoms with Crippen molar-refractivity contribution >= 4 is 23.3 Å². The number of nitrogens with one attached hydrogen (secondary N) is 1. The van der Waals surface area contributed by atoms with Crippen LogP contribution in [0.2, 0.25) is 5.02 Å². The highest BCUT2D eigenvalue weighted by atomic mass is 35.5. The topological polar surface area (TPSA) is 86.6 Å². The molecule has 1 aromatic carbocycles. The van der Waals surface area contributed by atoms with E-state index < -0.39 is 11.6 Å². The molecule has 0 aliphatic rings. The van der Waals surface area contributed by atoms with Crippen LogP contribution in [0.3, 0.4) is 0 Å². The van der Waals surface area contributed by atoms with Crippen LogP contribution in [0.5, 0.6) is 5.75 Å². The Morgan fingerprint density at radius 3 is 2.44 bits per heavy atom. The first kappa shape index (κ1) is 25.6. The van der Waals surface area contributed by atoms with Crippen molar-refractivity contribution in [3.8, 4) is 16.9 Å². The first-order valence-electron chi connectivity index (χ1n) is 10.5. The first-order valence-corrected chi connectivity index (χ1v) is 10.9. The molecule has 0 saturated heterocycles. The number of aromatic nitrogens is 1. The number of methoxy groups -OCH3 is 1. The van der Waals surface area contributed by atoms with Gasteiger partial charge in [-0.1, -0.05) is 18.5 Å². The number of ketones is 1. The van der Waals surface area contributed by atoms with Crippen molar-refractivity contribution in [1.82, 2.24) is 9.88 Å². The fourth-order valence-corrected chi connectivity index (χ4v) is 3.53. The molecule has 2 rings (SSSR count). The SMILES string of the molecule is CCC(=O)c1ccc(Cl)cc1-c1cc(=O)n(C(CCOC(C)(C)C)C(=O)NC)cc1OC. The van der Waals surface area contributed by atoms with Gasteiger partial charge >= 0.3 is 0 Å². The number of amides is 1. The number of ether oxygens (including phenoxy) is 2. The molecule has 1 heterocycles. The van der Waals surface area contributed by atoms with Crippen molar-refractivity contribution in [3.63, 3.8) is 0 Å². The lowest BCUT2D eigenvalue weighted by molar-refractivity contribution is -0.125. The zero-order valence-electron chi connectivity index (χ0n) is 19.5. The molecule has 0 spiro atoms. The Morgan fingerprint density at radius 1 is 1.19 bits per heavy atom. The van der Waals surface area contributed by atoms with E-state index in [0.717, 1.165) is 0 Å². The Bertz CT molecular complexity index is 1040. The van der Waals surface area contributed by atoms with Gasteiger partial charge in [0.2, 0.25) is 5.91 Å². The number of Topliss-reactive ketones (excluding diaryl/α,β-unsaturated/α-hetero) is 1. The molecule has 0 aliphatic heterocycles. The number of pyridine rings is 1. The van der Waals surface area contributed by atoms with E-state index in [1.54, 1.807) is 25.1 Å². The number of halogens is 1. The van der Waals surface area contributed by atoms with Crippen LogP contribution in [0, 0.1) is 0 Å². The number of benzene rings is 1. The van der Waals surface area contributed by atoms with Crippen molar-refractivity contribution in [2.75, 3.05) is 20.8 Å². The van der Waals surface area contributed by atoms with E-state index in [1.165, 1.54) is 31.0 Å². The maximum atomic E-state index is 13.1. The highest BCUT2D eigenvalue weighted by molar-refractivity contribution is 6.31. The second-order valence-electron chi connectivity index (χ2n) is 8.35. The molecule has 32 heavy (non-hydrogen) atoms. The maximum absolute atomic E-state index is 13.1. The van der Waals surface area contributed by atoms with Gasteiger partial charge in [-0.25, -0.2) is 0 Å². The summed E-state index contributed by atoms with van der Waals surface area (Å²) >= 11 is 6.18. The quantitative estimate of drug-likeness (QED) is 0.562. The van der Waals surface area contributed by atoms with Crippen LogP contribution < -0.4 is 15.6 Å². The first-order chi connectivity index (χ1) is 15.0. The van der Waals surface area contributed by atoms with Gasteiger partial charge < -0.3 is 14.8 Å². The van der Waals surface area contributed by atoms with E-state index in [0.29, 0.717) is 46.9 Å². The van der Waals surface area contributed by atoms with Gasteiger partial charge in [0.25, 0.3) is 5.56 Å². The normalized spacial score (nSPS) is 12.3. The second-order valence-corrected chi connectivity index (χ2v) is 8.78. The monoisotopic (exact) mass is 462 g/mol. The molecule has 0 radical (unpaired) electrons. The van der Waals surface area contributed by atoms with Gasteiger partial charge in [0.15, 0.2) is 5.78 Å². The molecule has 1 amide bonds. The van der Waals surface area contributed by atoms with Crippen LogP contribution in [-0.4, -0.2) is 42.6 Å². The Kier molecular flexibility index (Phi) is 8.64. The summed E-state index contributed by atoms with van der Waals surface area (Å²) in [6, 6.07) is 5.51. The fraction of sp³-hybridized carbons (Fsp3) is 0.458. The van der Waals surface area contributed by atoms with Crippen LogP contribution in [-0.2, 0) is 9.53 Å². The van der Waals surface area contributed by atoms with Crippen molar-refractivity contribution in [1.29, 1.82) is 0 Å². The van der Waals surface area contributed by atoms with Gasteiger partial charge in [0.1, 0.15) is 11.8 Å². The largest absolute Gasteiger partial charge is 0.495 e. The molecule has 1 N–H and O–H groups in total. The highest BCUT2D eigenvalue weighted by Gasteiger charge is 2.24. The van der Waals surface area contributed by atoms with Crippen LogP contribution in [0.25, 0.3) is 11.1 Å². The zero-order chi connectivity index (χ0) is 24.1. The molecule has 174 valence electrons. The molecule has 0 aliphatic carbocycles. The highest BCUT2D eigenvalue weighted by Crippen LogP contribution is 2.34. The van der Waals surface area contributed by atoms with Crippen molar-refractivity contribution in [2.24, 2.45) is 0 Å². The molecular weight excluding hydrogens is 432 g/mol. The maximum Gasteiger partial charge on any atom is 0.252 e. The summed E-state index contributed by atoms with van der Waals surface area (Å²) in [5.74, 6) is -0.0443. The van der Waals surface area contributed by atoms with E-state index in [4.69, 9.17) is 21.1 Å². The summed E-state index contributed by atoms with van der Waals surface area (Å²) in [6.07, 6.45) is 2.10. The second kappa shape index (κ2) is 10.8. The average molecular weight is 463 g/mol. The number of carbonyl (C=O) groups is 2. The average Bonchev–Trinajstić information content (AvgIpc) is 2.75. The van der Waals surface area contributed by atoms with E-state index in [-0.39, 0.29) is 17.3 Å². The third-order valence-electron chi connectivity index (χ3n) is 4.97. The predicted molar refractivity (Wildman–Crippen MR) is 126 cm³/mol. The summed E-state index contributed by atoms with van der Waals surface area (Å²) in [5.41, 5.74) is 0.635. The smallest absolute Gasteiger partial charge is 0.252 e. The van der Waals surface area contributed by atoms with Gasteiger partial charge in [0, 0.05) is 48.7 Å². The molecule has 0 saturated carbocycles. The van der Waals surface area contributed by atoms with Crippen LogP contribution >= 0.6 is 11.6 Å². The summed E-state index contributed by atoms with van der Waals surface area (Å²) in [4.78, 5) is 38.2. The minimum Gasteiger partial charge on any atom is -0.495 e. The number of nitrogens with zero attached hydrogens (tertiary/aromatic N) is 1. The van der Waals surface area contributed by atoms with Crippen molar-refractivity contribution in [2.45, 2.75) is 52.2 Å². The van der Waals surface area contributed by atoms with Gasteiger partial charge in [-0.15, -0.1) is 0 Å². The number of likely N-dealkylation sites (N-methyl/N-ethyl adjacent to an activating group) is 1. The lowest BCUT2D eigenvalue weighted by Crippen LogP contribution is -2.36. The minimum absolute atomic E-state index is 0.0783. The van der Waals surface area contributed by atoms with Crippen molar-refractivity contribution in [3.05, 3.63) is 51.4 Å². The summed E-state index contributed by atoms with van der Waals surface area (Å²) in [7, 11) is 2.99. The fourth-order valence-electron chi connectivity index (χ4n) is 3.36. The van der Waals surface area contributed by atoms with E-state index >= 15 is 0 Å². The molecule has 0 fully saturated rings. The lowest BCUT2D eigenvalue weighted by Gasteiger charge is -2.24. The molecule has 7 nitrogen and oxygen atoms in total. The number of carbonyl (C=O) groups excluding carboxylic acids is 2. The number of hydrogen-bond donors (Lipinski definition) is 1. The Balaban J connectivity index is 2.58. The van der Waals surface area contributed by atoms with E-state index in [2.05, 4.69) is 5.32 Å². The third-order valence-corrected chi connectivity index (χ3v) is 5.20.